The van der Waals surface area contributed by atoms with E-state index in [1.807, 2.05) is 4.72 Å². The molecule has 11 heteroatoms. The molecule has 0 aliphatic carbocycles. The average Bonchev–Trinajstić information content (AvgIpc) is 3.35. The topological polar surface area (TPSA) is 123 Å². The first kappa shape index (κ1) is 25.8. The molecule has 1 aliphatic heterocycles. The first-order valence-electron chi connectivity index (χ1n) is 11.4. The van der Waals surface area contributed by atoms with Crippen LogP contribution in [0.3, 0.4) is 0 Å². The number of hydrogen-bond donors (Lipinski definition) is 2. The number of rotatable bonds is 8. The van der Waals surface area contributed by atoms with Crippen LogP contribution in [0.25, 0.3) is 0 Å². The smallest absolute Gasteiger partial charge is 0.329 e. The van der Waals surface area contributed by atoms with E-state index in [1.165, 1.54) is 18.1 Å². The Hall–Kier alpha value is -4.25. The van der Waals surface area contributed by atoms with E-state index in [1.54, 1.807) is 74.6 Å². The fourth-order valence-electron chi connectivity index (χ4n) is 3.91. The molecule has 1 atom stereocenters. The quantitative estimate of drug-likeness (QED) is 0.463. The van der Waals surface area contributed by atoms with Gasteiger partial charge in [-0.25, -0.2) is 17.9 Å². The zero-order valence-electron chi connectivity index (χ0n) is 20.6. The standard InChI is InChI=1S/C26H27N3O7S/c1-17-7-4-5-10-24(17)37(32,33)28-26(31)27-21(14-18-8-6-9-20(13-18)34-3)25(30)29(2)19-11-12-22-23(15-19)36-16-35-22/h4-13,15,21H,14,16H2,1-3H3,(H2,27,28,31)/t21-/m0/s1. The summed E-state index contributed by atoms with van der Waals surface area (Å²) in [5.41, 5.74) is 1.70. The zero-order valence-corrected chi connectivity index (χ0v) is 21.4. The van der Waals surface area contributed by atoms with Gasteiger partial charge < -0.3 is 24.4 Å². The summed E-state index contributed by atoms with van der Waals surface area (Å²) >= 11 is 0. The molecule has 0 spiro atoms. The normalized spacial score (nSPS) is 12.9. The van der Waals surface area contributed by atoms with Crippen molar-refractivity contribution in [3.05, 3.63) is 77.9 Å². The van der Waals surface area contributed by atoms with Crippen molar-refractivity contribution < 1.29 is 32.2 Å². The molecule has 0 radical (unpaired) electrons. The number of urea groups is 1. The maximum absolute atomic E-state index is 13.6. The molecule has 3 aromatic rings. The van der Waals surface area contributed by atoms with E-state index in [-0.39, 0.29) is 18.1 Å². The molecule has 4 rings (SSSR count). The summed E-state index contributed by atoms with van der Waals surface area (Å²) in [5, 5.41) is 2.53. The molecule has 10 nitrogen and oxygen atoms in total. The molecule has 3 amide bonds. The van der Waals surface area contributed by atoms with Gasteiger partial charge in [0, 0.05) is 25.2 Å². The van der Waals surface area contributed by atoms with E-state index >= 15 is 0 Å². The molecule has 0 saturated heterocycles. The highest BCUT2D eigenvalue weighted by Gasteiger charge is 2.28. The minimum absolute atomic E-state index is 0.0294. The minimum atomic E-state index is -4.16. The SMILES string of the molecule is COc1cccc(C[C@H](NC(=O)NS(=O)(=O)c2ccccc2C)C(=O)N(C)c2ccc3c(c2)OCO3)c1. The molecule has 194 valence electrons. The number of benzene rings is 3. The number of methoxy groups -OCH3 is 1. The van der Waals surface area contributed by atoms with Crippen LogP contribution in [0.2, 0.25) is 0 Å². The Morgan fingerprint density at radius 2 is 1.78 bits per heavy atom. The molecule has 0 bridgehead atoms. The zero-order chi connectivity index (χ0) is 26.6. The van der Waals surface area contributed by atoms with Crippen molar-refractivity contribution in [3.8, 4) is 17.2 Å². The van der Waals surface area contributed by atoms with Gasteiger partial charge in [-0.3, -0.25) is 4.79 Å². The maximum Gasteiger partial charge on any atom is 0.329 e. The Morgan fingerprint density at radius 3 is 2.54 bits per heavy atom. The van der Waals surface area contributed by atoms with Gasteiger partial charge in [-0.1, -0.05) is 30.3 Å². The number of aryl methyl sites for hydroxylation is 1. The van der Waals surface area contributed by atoms with E-state index < -0.39 is 28.0 Å². The highest BCUT2D eigenvalue weighted by atomic mass is 32.2. The Balaban J connectivity index is 1.57. The van der Waals surface area contributed by atoms with Crippen LogP contribution in [-0.4, -0.2) is 47.3 Å². The van der Waals surface area contributed by atoms with E-state index in [0.717, 1.165) is 0 Å². The van der Waals surface area contributed by atoms with Crippen LogP contribution in [0, 0.1) is 6.92 Å². The number of sulfonamides is 1. The summed E-state index contributed by atoms with van der Waals surface area (Å²) in [7, 11) is -1.08. The van der Waals surface area contributed by atoms with Gasteiger partial charge in [0.25, 0.3) is 10.0 Å². The number of hydrogen-bond acceptors (Lipinski definition) is 7. The number of amides is 3. The van der Waals surface area contributed by atoms with Gasteiger partial charge in [-0.2, -0.15) is 0 Å². The predicted octanol–water partition coefficient (Wildman–Crippen LogP) is 2.99. The van der Waals surface area contributed by atoms with Crippen molar-refractivity contribution in [2.45, 2.75) is 24.3 Å². The number of nitrogens with zero attached hydrogens (tertiary/aromatic N) is 1. The molecule has 3 aromatic carbocycles. The third-order valence-electron chi connectivity index (χ3n) is 5.86. The second-order valence-electron chi connectivity index (χ2n) is 8.39. The van der Waals surface area contributed by atoms with Crippen molar-refractivity contribution in [2.75, 3.05) is 25.9 Å². The molecule has 0 fully saturated rings. The number of carbonyl (C=O) groups is 2. The summed E-state index contributed by atoms with van der Waals surface area (Å²) in [4.78, 5) is 27.7. The van der Waals surface area contributed by atoms with Crippen LogP contribution in [0.15, 0.2) is 71.6 Å². The molecule has 0 unspecified atom stereocenters. The molecule has 0 saturated carbocycles. The van der Waals surface area contributed by atoms with Crippen LogP contribution in [0.1, 0.15) is 11.1 Å². The molecule has 0 aromatic heterocycles. The average molecular weight is 526 g/mol. The predicted molar refractivity (Wildman–Crippen MR) is 136 cm³/mol. The van der Waals surface area contributed by atoms with Gasteiger partial charge in [-0.15, -0.1) is 0 Å². The minimum Gasteiger partial charge on any atom is -0.497 e. The Labute approximate surface area is 215 Å². The van der Waals surface area contributed by atoms with Gasteiger partial charge in [0.15, 0.2) is 11.5 Å². The Bertz CT molecular complexity index is 1430. The lowest BCUT2D eigenvalue weighted by Crippen LogP contribution is -2.52. The monoisotopic (exact) mass is 525 g/mol. The first-order valence-corrected chi connectivity index (χ1v) is 12.9. The van der Waals surface area contributed by atoms with Crippen LogP contribution in [0.5, 0.6) is 17.2 Å². The number of ether oxygens (including phenoxy) is 3. The van der Waals surface area contributed by atoms with Crippen molar-refractivity contribution in [2.24, 2.45) is 0 Å². The van der Waals surface area contributed by atoms with E-state index in [2.05, 4.69) is 5.32 Å². The first-order chi connectivity index (χ1) is 17.7. The third kappa shape index (κ3) is 5.95. The fraction of sp³-hybridized carbons (Fsp3) is 0.231. The van der Waals surface area contributed by atoms with Crippen LogP contribution >= 0.6 is 0 Å². The van der Waals surface area contributed by atoms with Crippen LogP contribution in [0.4, 0.5) is 10.5 Å². The van der Waals surface area contributed by atoms with E-state index in [9.17, 15) is 18.0 Å². The second-order valence-corrected chi connectivity index (χ2v) is 10.0. The number of anilines is 1. The summed E-state index contributed by atoms with van der Waals surface area (Å²) in [6, 6.07) is 16.2. The molecule has 1 aliphatic rings. The lowest BCUT2D eigenvalue weighted by molar-refractivity contribution is -0.120. The van der Waals surface area contributed by atoms with Crippen LogP contribution < -0.4 is 29.1 Å². The summed E-state index contributed by atoms with van der Waals surface area (Å²) in [6.07, 6.45) is 0.0861. The van der Waals surface area contributed by atoms with Crippen LogP contribution in [-0.2, 0) is 21.2 Å². The van der Waals surface area contributed by atoms with Gasteiger partial charge in [0.2, 0.25) is 12.7 Å². The van der Waals surface area contributed by atoms with Crippen molar-refractivity contribution in [3.63, 3.8) is 0 Å². The number of carbonyl (C=O) groups excluding carboxylic acids is 2. The van der Waals surface area contributed by atoms with Gasteiger partial charge in [0.05, 0.1) is 12.0 Å². The molecule has 1 heterocycles. The van der Waals surface area contributed by atoms with Gasteiger partial charge >= 0.3 is 6.03 Å². The lowest BCUT2D eigenvalue weighted by atomic mass is 10.0. The van der Waals surface area contributed by atoms with Gasteiger partial charge in [-0.05, 0) is 48.4 Å². The summed E-state index contributed by atoms with van der Waals surface area (Å²) in [6.45, 7) is 1.72. The van der Waals surface area contributed by atoms with E-state index in [0.29, 0.717) is 34.1 Å². The molecule has 2 N–H and O–H groups in total. The summed E-state index contributed by atoms with van der Waals surface area (Å²) < 4.78 is 43.6. The van der Waals surface area contributed by atoms with Crippen molar-refractivity contribution >= 4 is 27.6 Å². The number of likely N-dealkylation sites (N-methyl/N-ethyl adjacent to an activating group) is 1. The maximum atomic E-state index is 13.6. The second kappa shape index (κ2) is 10.8. The fourth-order valence-corrected chi connectivity index (χ4v) is 5.08. The van der Waals surface area contributed by atoms with Crippen molar-refractivity contribution in [1.82, 2.24) is 10.0 Å². The summed E-state index contributed by atoms with van der Waals surface area (Å²) in [5.74, 6) is 1.18. The number of fused-ring (bicyclic) bond motifs is 1. The highest BCUT2D eigenvalue weighted by Crippen LogP contribution is 2.35. The lowest BCUT2D eigenvalue weighted by Gasteiger charge is -2.25. The van der Waals surface area contributed by atoms with Crippen molar-refractivity contribution in [1.29, 1.82) is 0 Å². The number of nitrogens with one attached hydrogen (secondary N) is 2. The Morgan fingerprint density at radius 1 is 1.03 bits per heavy atom. The molecular weight excluding hydrogens is 498 g/mol. The molecular formula is C26H27N3O7S. The largest absolute Gasteiger partial charge is 0.497 e. The van der Waals surface area contributed by atoms with E-state index in [4.69, 9.17) is 14.2 Å². The van der Waals surface area contributed by atoms with Gasteiger partial charge in [0.1, 0.15) is 11.8 Å². The third-order valence-corrected chi connectivity index (χ3v) is 7.35. The molecule has 37 heavy (non-hydrogen) atoms. The Kier molecular flexibility index (Phi) is 7.53. The highest BCUT2D eigenvalue weighted by molar-refractivity contribution is 7.90.